The van der Waals surface area contributed by atoms with Gasteiger partial charge < -0.3 is 10.1 Å². The molecule has 5 nitrogen and oxygen atoms in total. The van der Waals surface area contributed by atoms with Crippen LogP contribution in [0.5, 0.6) is 5.75 Å². The molecule has 0 spiro atoms. The average Bonchev–Trinajstić information content (AvgIpc) is 2.50. The minimum absolute atomic E-state index is 0.397. The second-order valence-corrected chi connectivity index (χ2v) is 4.16. The number of para-hydroxylation sites is 2. The Balaban J connectivity index is 1.92. The zero-order valence-electron chi connectivity index (χ0n) is 11.7. The van der Waals surface area contributed by atoms with Crippen molar-refractivity contribution in [3.63, 3.8) is 0 Å². The third-order valence-corrected chi connectivity index (χ3v) is 2.62. The molecule has 0 radical (unpaired) electrons. The zero-order valence-corrected chi connectivity index (χ0v) is 11.7. The van der Waals surface area contributed by atoms with E-state index in [1.54, 1.807) is 18.3 Å². The highest BCUT2D eigenvalue weighted by atomic mass is 16.5. The van der Waals surface area contributed by atoms with Crippen molar-refractivity contribution in [2.24, 2.45) is 5.10 Å². The van der Waals surface area contributed by atoms with Crippen molar-refractivity contribution < 1.29 is 9.53 Å². The fourth-order valence-electron chi connectivity index (χ4n) is 1.72. The van der Waals surface area contributed by atoms with Crippen LogP contribution >= 0.6 is 0 Å². The zero-order chi connectivity index (χ0) is 14.9. The van der Waals surface area contributed by atoms with Gasteiger partial charge in [0, 0.05) is 11.3 Å². The maximum Gasteiger partial charge on any atom is 0.339 e. The minimum atomic E-state index is -0.397. The van der Waals surface area contributed by atoms with Crippen LogP contribution in [0, 0.1) is 0 Å². The van der Waals surface area contributed by atoms with Gasteiger partial charge in [0.15, 0.2) is 0 Å². The van der Waals surface area contributed by atoms with E-state index in [-0.39, 0.29) is 0 Å². The molecule has 0 heterocycles. The quantitative estimate of drug-likeness (QED) is 0.653. The lowest BCUT2D eigenvalue weighted by Crippen LogP contribution is -2.24. The molecule has 2 rings (SSSR count). The van der Waals surface area contributed by atoms with Crippen LogP contribution in [0.2, 0.25) is 0 Å². The molecule has 0 aliphatic rings. The second kappa shape index (κ2) is 7.69. The topological polar surface area (TPSA) is 62.7 Å². The van der Waals surface area contributed by atoms with Crippen LogP contribution in [0.4, 0.5) is 10.5 Å². The van der Waals surface area contributed by atoms with E-state index in [1.165, 1.54) is 0 Å². The van der Waals surface area contributed by atoms with Gasteiger partial charge in [0.2, 0.25) is 0 Å². The Morgan fingerprint density at radius 2 is 1.86 bits per heavy atom. The molecule has 0 saturated heterocycles. The third kappa shape index (κ3) is 4.65. The molecule has 5 heteroatoms. The minimum Gasteiger partial charge on any atom is -0.493 e. The van der Waals surface area contributed by atoms with E-state index in [0.717, 1.165) is 11.3 Å². The number of rotatable bonds is 5. The monoisotopic (exact) mass is 283 g/mol. The number of amides is 2. The molecular formula is C16H17N3O2. The van der Waals surface area contributed by atoms with E-state index in [2.05, 4.69) is 15.8 Å². The fraction of sp³-hybridized carbons (Fsp3) is 0.125. The molecule has 0 unspecified atom stereocenters. The molecule has 0 fully saturated rings. The number of nitrogens with zero attached hydrogens (tertiary/aromatic N) is 1. The predicted molar refractivity (Wildman–Crippen MR) is 83.8 cm³/mol. The fourth-order valence-corrected chi connectivity index (χ4v) is 1.72. The summed E-state index contributed by atoms with van der Waals surface area (Å²) in [5.41, 5.74) is 3.93. The number of anilines is 1. The number of hydrogen-bond donors (Lipinski definition) is 2. The summed E-state index contributed by atoms with van der Waals surface area (Å²) < 4.78 is 5.47. The first-order valence-corrected chi connectivity index (χ1v) is 6.66. The summed E-state index contributed by atoms with van der Waals surface area (Å²) in [4.78, 5) is 11.6. The normalized spacial score (nSPS) is 10.3. The molecule has 2 N–H and O–H groups in total. The lowest BCUT2D eigenvalue weighted by Gasteiger charge is -2.06. The van der Waals surface area contributed by atoms with Gasteiger partial charge in [-0.25, -0.2) is 10.2 Å². The van der Waals surface area contributed by atoms with Crippen LogP contribution in [0.15, 0.2) is 59.7 Å². The first-order chi connectivity index (χ1) is 10.3. The highest BCUT2D eigenvalue weighted by molar-refractivity contribution is 5.90. The standard InChI is InChI=1S/C16H17N3O2/c1-2-21-15-11-7-6-8-13(15)12-17-19-16(20)18-14-9-4-3-5-10-14/h3-12H,2H2,1H3,(H2,18,19,20)/b17-12+. The summed E-state index contributed by atoms with van der Waals surface area (Å²) in [6.45, 7) is 2.49. The average molecular weight is 283 g/mol. The van der Waals surface area contributed by atoms with Gasteiger partial charge in [-0.1, -0.05) is 30.3 Å². The van der Waals surface area contributed by atoms with Gasteiger partial charge in [-0.15, -0.1) is 0 Å². The largest absolute Gasteiger partial charge is 0.493 e. The Bertz CT molecular complexity index is 612. The number of hydrogen-bond acceptors (Lipinski definition) is 3. The first kappa shape index (κ1) is 14.6. The molecule has 0 aliphatic carbocycles. The van der Waals surface area contributed by atoms with Crippen LogP contribution in [0.1, 0.15) is 12.5 Å². The van der Waals surface area contributed by atoms with Gasteiger partial charge in [-0.05, 0) is 31.2 Å². The predicted octanol–water partition coefficient (Wildman–Crippen LogP) is 3.24. The van der Waals surface area contributed by atoms with Crippen molar-refractivity contribution in [3.8, 4) is 5.75 Å². The van der Waals surface area contributed by atoms with E-state index < -0.39 is 6.03 Å². The third-order valence-electron chi connectivity index (χ3n) is 2.62. The van der Waals surface area contributed by atoms with Crippen LogP contribution in [-0.2, 0) is 0 Å². The van der Waals surface area contributed by atoms with E-state index >= 15 is 0 Å². The highest BCUT2D eigenvalue weighted by Gasteiger charge is 2.00. The van der Waals surface area contributed by atoms with Crippen LogP contribution < -0.4 is 15.5 Å². The molecule has 0 aliphatic heterocycles. The SMILES string of the molecule is CCOc1ccccc1/C=N/NC(=O)Nc1ccccc1. The smallest absolute Gasteiger partial charge is 0.339 e. The first-order valence-electron chi connectivity index (χ1n) is 6.66. The van der Waals surface area contributed by atoms with E-state index in [0.29, 0.717) is 12.3 Å². The molecule has 21 heavy (non-hydrogen) atoms. The molecule has 0 aromatic heterocycles. The van der Waals surface area contributed by atoms with Crippen molar-refractivity contribution in [3.05, 3.63) is 60.2 Å². The van der Waals surface area contributed by atoms with E-state index in [1.807, 2.05) is 49.4 Å². The van der Waals surface area contributed by atoms with Crippen molar-refractivity contribution in [2.45, 2.75) is 6.92 Å². The van der Waals surface area contributed by atoms with Crippen molar-refractivity contribution >= 4 is 17.9 Å². The Morgan fingerprint density at radius 1 is 1.14 bits per heavy atom. The number of benzene rings is 2. The summed E-state index contributed by atoms with van der Waals surface area (Å²) in [5, 5.41) is 6.59. The van der Waals surface area contributed by atoms with Crippen LogP contribution in [-0.4, -0.2) is 18.9 Å². The summed E-state index contributed by atoms with van der Waals surface area (Å²) in [6.07, 6.45) is 1.55. The lowest BCUT2D eigenvalue weighted by atomic mass is 10.2. The van der Waals surface area contributed by atoms with E-state index in [4.69, 9.17) is 4.74 Å². The molecule has 2 aromatic carbocycles. The van der Waals surface area contributed by atoms with Gasteiger partial charge in [0.1, 0.15) is 5.75 Å². The molecule has 0 saturated carbocycles. The summed E-state index contributed by atoms with van der Waals surface area (Å²) >= 11 is 0. The number of urea groups is 1. The van der Waals surface area contributed by atoms with Crippen molar-refractivity contribution in [1.29, 1.82) is 0 Å². The lowest BCUT2D eigenvalue weighted by molar-refractivity contribution is 0.252. The van der Waals surface area contributed by atoms with Gasteiger partial charge >= 0.3 is 6.03 Å². The molecule has 2 amide bonds. The van der Waals surface area contributed by atoms with Crippen LogP contribution in [0.3, 0.4) is 0 Å². The summed E-state index contributed by atoms with van der Waals surface area (Å²) in [5.74, 6) is 0.731. The van der Waals surface area contributed by atoms with E-state index in [9.17, 15) is 4.79 Å². The summed E-state index contributed by atoms with van der Waals surface area (Å²) in [6, 6.07) is 16.3. The van der Waals surface area contributed by atoms with Crippen molar-refractivity contribution in [1.82, 2.24) is 5.43 Å². The molecular weight excluding hydrogens is 266 g/mol. The Kier molecular flexibility index (Phi) is 5.34. The summed E-state index contributed by atoms with van der Waals surface area (Å²) in [7, 11) is 0. The van der Waals surface area contributed by atoms with Gasteiger partial charge in [-0.2, -0.15) is 5.10 Å². The number of nitrogens with one attached hydrogen (secondary N) is 2. The van der Waals surface area contributed by atoms with Crippen molar-refractivity contribution in [2.75, 3.05) is 11.9 Å². The second-order valence-electron chi connectivity index (χ2n) is 4.16. The number of carbonyl (C=O) groups excluding carboxylic acids is 1. The van der Waals surface area contributed by atoms with Gasteiger partial charge in [0.05, 0.1) is 12.8 Å². The van der Waals surface area contributed by atoms with Gasteiger partial charge in [0.25, 0.3) is 0 Å². The Hall–Kier alpha value is -2.82. The number of carbonyl (C=O) groups is 1. The molecule has 2 aromatic rings. The van der Waals surface area contributed by atoms with Gasteiger partial charge in [-0.3, -0.25) is 0 Å². The Labute approximate surface area is 123 Å². The maximum atomic E-state index is 11.6. The molecule has 0 atom stereocenters. The van der Waals surface area contributed by atoms with Crippen LogP contribution in [0.25, 0.3) is 0 Å². The number of hydrazone groups is 1. The highest BCUT2D eigenvalue weighted by Crippen LogP contribution is 2.15. The Morgan fingerprint density at radius 3 is 2.62 bits per heavy atom. The maximum absolute atomic E-state index is 11.6. The molecule has 0 bridgehead atoms. The molecule has 108 valence electrons. The number of ether oxygens (including phenoxy) is 1.